The lowest BCUT2D eigenvalue weighted by atomic mass is 10.0. The zero-order valence-corrected chi connectivity index (χ0v) is 21.1. The molecule has 0 aliphatic carbocycles. The molecule has 2 rings (SSSR count). The van der Waals surface area contributed by atoms with E-state index in [0.717, 1.165) is 31.3 Å². The first-order valence-corrected chi connectivity index (χ1v) is 10.7. The molecule has 1 aromatic carbocycles. The third-order valence-electron chi connectivity index (χ3n) is 5.11. The van der Waals surface area contributed by atoms with Crippen LogP contribution in [0.5, 0.6) is 5.75 Å². The number of aliphatic imine (C=N–C) groups is 1. The molecule has 1 fully saturated rings. The van der Waals surface area contributed by atoms with Crippen molar-refractivity contribution in [3.63, 3.8) is 0 Å². The Balaban J connectivity index is 0.00000450. The van der Waals surface area contributed by atoms with E-state index >= 15 is 0 Å². The molecule has 1 aliphatic heterocycles. The lowest BCUT2D eigenvalue weighted by Crippen LogP contribution is -2.45. The smallest absolute Gasteiger partial charge is 0.221 e. The van der Waals surface area contributed by atoms with E-state index in [4.69, 9.17) is 4.74 Å². The minimum Gasteiger partial charge on any atom is -0.497 e. The van der Waals surface area contributed by atoms with Crippen LogP contribution in [0.3, 0.4) is 0 Å². The minimum atomic E-state index is 0. The first kappa shape index (κ1) is 26.5. The van der Waals surface area contributed by atoms with Gasteiger partial charge in [0.2, 0.25) is 5.91 Å². The summed E-state index contributed by atoms with van der Waals surface area (Å²) in [6, 6.07) is 8.76. The van der Waals surface area contributed by atoms with E-state index in [9.17, 15) is 4.79 Å². The van der Waals surface area contributed by atoms with Crippen LogP contribution in [0.15, 0.2) is 29.3 Å². The van der Waals surface area contributed by atoms with Crippen molar-refractivity contribution in [1.82, 2.24) is 20.9 Å². The predicted octanol–water partition coefficient (Wildman–Crippen LogP) is 2.92. The maximum atomic E-state index is 11.8. The minimum absolute atomic E-state index is 0. The maximum Gasteiger partial charge on any atom is 0.221 e. The first-order chi connectivity index (χ1) is 14.0. The Bertz CT molecular complexity index is 645. The van der Waals surface area contributed by atoms with E-state index in [0.29, 0.717) is 13.0 Å². The Morgan fingerprint density at radius 3 is 2.37 bits per heavy atom. The number of carbonyl (C=O) groups excluding carboxylic acids is 1. The molecule has 1 saturated heterocycles. The van der Waals surface area contributed by atoms with Gasteiger partial charge in [-0.25, -0.2) is 0 Å². The molecule has 1 heterocycles. The molecular weight excluding hydrogens is 493 g/mol. The number of carbonyl (C=O) groups is 1. The molecule has 0 aromatic heterocycles. The molecule has 0 radical (unpaired) electrons. The van der Waals surface area contributed by atoms with Gasteiger partial charge in [0.1, 0.15) is 5.75 Å². The molecule has 1 atom stereocenters. The number of hydrogen-bond acceptors (Lipinski definition) is 4. The summed E-state index contributed by atoms with van der Waals surface area (Å²) in [5.74, 6) is 1.64. The number of rotatable bonds is 9. The van der Waals surface area contributed by atoms with Crippen LogP contribution in [-0.2, 0) is 4.79 Å². The lowest BCUT2D eigenvalue weighted by molar-refractivity contribution is -0.121. The normalized spacial score (nSPS) is 15.8. The van der Waals surface area contributed by atoms with Gasteiger partial charge in [-0.1, -0.05) is 18.6 Å². The van der Waals surface area contributed by atoms with Gasteiger partial charge >= 0.3 is 0 Å². The fourth-order valence-electron chi connectivity index (χ4n) is 3.62. The van der Waals surface area contributed by atoms with Crippen LogP contribution >= 0.6 is 24.0 Å². The van der Waals surface area contributed by atoms with Crippen molar-refractivity contribution in [2.24, 2.45) is 4.99 Å². The van der Waals surface area contributed by atoms with Crippen LogP contribution in [-0.4, -0.2) is 63.1 Å². The number of guanidine groups is 1. The van der Waals surface area contributed by atoms with Gasteiger partial charge in [-0.15, -0.1) is 24.0 Å². The third-order valence-corrected chi connectivity index (χ3v) is 5.11. The van der Waals surface area contributed by atoms with E-state index in [-0.39, 0.29) is 42.0 Å². The maximum absolute atomic E-state index is 11.8. The summed E-state index contributed by atoms with van der Waals surface area (Å²) < 4.78 is 5.31. The third kappa shape index (κ3) is 9.07. The lowest BCUT2D eigenvalue weighted by Gasteiger charge is -2.35. The van der Waals surface area contributed by atoms with Gasteiger partial charge in [-0.05, 0) is 57.5 Å². The molecule has 170 valence electrons. The highest BCUT2D eigenvalue weighted by molar-refractivity contribution is 14.0. The van der Waals surface area contributed by atoms with Gasteiger partial charge in [0, 0.05) is 32.6 Å². The monoisotopic (exact) mass is 531 g/mol. The quantitative estimate of drug-likeness (QED) is 0.260. The fraction of sp³-hybridized carbons (Fsp3) is 0.636. The second-order valence-corrected chi connectivity index (χ2v) is 7.74. The van der Waals surface area contributed by atoms with Crippen LogP contribution in [0.4, 0.5) is 0 Å². The van der Waals surface area contributed by atoms with Gasteiger partial charge in [-0.3, -0.25) is 14.7 Å². The van der Waals surface area contributed by atoms with Gasteiger partial charge in [-0.2, -0.15) is 0 Å². The molecule has 1 aromatic rings. The van der Waals surface area contributed by atoms with Gasteiger partial charge in [0.25, 0.3) is 0 Å². The molecule has 1 unspecified atom stereocenters. The summed E-state index contributed by atoms with van der Waals surface area (Å²) in [5.41, 5.74) is 1.27. The molecule has 7 nitrogen and oxygen atoms in total. The van der Waals surface area contributed by atoms with Crippen LogP contribution in [0.2, 0.25) is 0 Å². The molecule has 1 aliphatic rings. The summed E-state index contributed by atoms with van der Waals surface area (Å²) in [6.07, 6.45) is 4.21. The topological polar surface area (TPSA) is 78.0 Å². The standard InChI is InChI=1S/C22H37N5O2.HI/c1-17(2)26-21(28)12-13-24-22(23-3)25-16-20(27-14-6-5-7-15-27)18-8-10-19(29-4)11-9-18;/h8-11,17,20H,5-7,12-16H2,1-4H3,(H,26,28)(H2,23,24,25);1H. The summed E-state index contributed by atoms with van der Waals surface area (Å²) in [7, 11) is 3.45. The van der Waals surface area contributed by atoms with Crippen LogP contribution in [0, 0.1) is 0 Å². The molecule has 0 bridgehead atoms. The number of nitrogens with one attached hydrogen (secondary N) is 3. The molecular formula is C22H38IN5O2. The Kier molecular flexibility index (Phi) is 12.8. The number of benzene rings is 1. The van der Waals surface area contributed by atoms with Crippen molar-refractivity contribution in [3.05, 3.63) is 29.8 Å². The van der Waals surface area contributed by atoms with Crippen molar-refractivity contribution in [2.75, 3.05) is 40.3 Å². The van der Waals surface area contributed by atoms with E-state index in [2.05, 4.69) is 38.0 Å². The van der Waals surface area contributed by atoms with Crippen LogP contribution in [0.1, 0.15) is 51.1 Å². The SMILES string of the molecule is CN=C(NCCC(=O)NC(C)C)NCC(c1ccc(OC)cc1)N1CCCCC1.I. The zero-order valence-electron chi connectivity index (χ0n) is 18.7. The number of amides is 1. The number of piperidine rings is 1. The highest BCUT2D eigenvalue weighted by atomic mass is 127. The zero-order chi connectivity index (χ0) is 21.1. The number of halogens is 1. The second kappa shape index (κ2) is 14.5. The Hall–Kier alpha value is -1.55. The highest BCUT2D eigenvalue weighted by Gasteiger charge is 2.22. The van der Waals surface area contributed by atoms with E-state index in [1.165, 1.54) is 24.8 Å². The van der Waals surface area contributed by atoms with Gasteiger partial charge in [0.05, 0.1) is 13.2 Å². The van der Waals surface area contributed by atoms with E-state index in [1.807, 2.05) is 26.0 Å². The number of ether oxygens (including phenoxy) is 1. The summed E-state index contributed by atoms with van der Waals surface area (Å²) in [5, 5.41) is 9.59. The van der Waals surface area contributed by atoms with Crippen molar-refractivity contribution in [2.45, 2.75) is 51.6 Å². The molecule has 1 amide bonds. The van der Waals surface area contributed by atoms with Crippen molar-refractivity contribution >= 4 is 35.8 Å². The Morgan fingerprint density at radius 2 is 1.80 bits per heavy atom. The number of nitrogens with zero attached hydrogens (tertiary/aromatic N) is 2. The van der Waals surface area contributed by atoms with Crippen LogP contribution in [0.25, 0.3) is 0 Å². The fourth-order valence-corrected chi connectivity index (χ4v) is 3.62. The average molecular weight is 531 g/mol. The molecule has 30 heavy (non-hydrogen) atoms. The van der Waals surface area contributed by atoms with Gasteiger partial charge in [0.15, 0.2) is 5.96 Å². The van der Waals surface area contributed by atoms with E-state index < -0.39 is 0 Å². The molecule has 3 N–H and O–H groups in total. The predicted molar refractivity (Wildman–Crippen MR) is 134 cm³/mol. The molecule has 8 heteroatoms. The van der Waals surface area contributed by atoms with Gasteiger partial charge < -0.3 is 20.7 Å². The molecule has 0 spiro atoms. The average Bonchev–Trinajstić information content (AvgIpc) is 2.73. The molecule has 0 saturated carbocycles. The summed E-state index contributed by atoms with van der Waals surface area (Å²) >= 11 is 0. The van der Waals surface area contributed by atoms with Crippen molar-refractivity contribution in [1.29, 1.82) is 0 Å². The number of hydrogen-bond donors (Lipinski definition) is 3. The number of methoxy groups -OCH3 is 1. The Labute approximate surface area is 198 Å². The Morgan fingerprint density at radius 1 is 1.13 bits per heavy atom. The van der Waals surface area contributed by atoms with E-state index in [1.54, 1.807) is 14.2 Å². The van der Waals surface area contributed by atoms with Crippen LogP contribution < -0.4 is 20.7 Å². The second-order valence-electron chi connectivity index (χ2n) is 7.74. The van der Waals surface area contributed by atoms with Crippen molar-refractivity contribution < 1.29 is 9.53 Å². The summed E-state index contributed by atoms with van der Waals surface area (Å²) in [4.78, 5) is 18.7. The summed E-state index contributed by atoms with van der Waals surface area (Å²) in [6.45, 7) is 7.45. The largest absolute Gasteiger partial charge is 0.497 e. The highest BCUT2D eigenvalue weighted by Crippen LogP contribution is 2.25. The number of likely N-dealkylation sites (tertiary alicyclic amines) is 1. The first-order valence-electron chi connectivity index (χ1n) is 10.7. The van der Waals surface area contributed by atoms with Crippen molar-refractivity contribution in [3.8, 4) is 5.75 Å².